The van der Waals surface area contributed by atoms with Gasteiger partial charge in [0.05, 0.1) is 17.2 Å². The Morgan fingerprint density at radius 2 is 1.92 bits per heavy atom. The molecular formula is C20H25BrN2O2S. The second-order valence-electron chi connectivity index (χ2n) is 6.31. The van der Waals surface area contributed by atoms with Crippen LogP contribution in [0, 0.1) is 0 Å². The monoisotopic (exact) mass is 436 g/mol. The molecule has 1 aliphatic heterocycles. The molecule has 0 radical (unpaired) electrons. The first kappa shape index (κ1) is 19.2. The number of carbonyl (C=O) groups is 1. The summed E-state index contributed by atoms with van der Waals surface area (Å²) >= 11 is 5.21. The largest absolute Gasteiger partial charge is 0.492 e. The normalized spacial score (nSPS) is 14.6. The van der Waals surface area contributed by atoms with Crippen molar-refractivity contribution in [1.29, 1.82) is 0 Å². The minimum absolute atomic E-state index is 0.149. The highest BCUT2D eigenvalue weighted by atomic mass is 79.9. The van der Waals surface area contributed by atoms with E-state index in [2.05, 4.69) is 33.8 Å². The molecule has 0 unspecified atom stereocenters. The Balaban J connectivity index is 1.65. The summed E-state index contributed by atoms with van der Waals surface area (Å²) in [6, 6.07) is 10.1. The highest BCUT2D eigenvalue weighted by Crippen LogP contribution is 2.31. The van der Waals surface area contributed by atoms with E-state index in [-0.39, 0.29) is 5.91 Å². The number of amides is 1. The predicted molar refractivity (Wildman–Crippen MR) is 112 cm³/mol. The molecule has 1 fully saturated rings. The second kappa shape index (κ2) is 8.91. The molecule has 3 rings (SSSR count). The standard InChI is InChI=1S/C20H25BrN2O2S/c1-3-7-18-15(21)14-19(26-18)20(24)23-12-10-22(11-13-23)16-8-5-6-9-17(16)25-4-2/h5-6,8-9,14H,3-4,7,10-13H2,1-2H3. The Hall–Kier alpha value is -1.53. The van der Waals surface area contributed by atoms with Crippen LogP contribution < -0.4 is 9.64 Å². The summed E-state index contributed by atoms with van der Waals surface area (Å²) in [4.78, 5) is 19.2. The van der Waals surface area contributed by atoms with Crippen molar-refractivity contribution in [2.45, 2.75) is 26.7 Å². The number of aryl methyl sites for hydroxylation is 1. The first-order valence-corrected chi connectivity index (χ1v) is 10.8. The van der Waals surface area contributed by atoms with Gasteiger partial charge in [0.25, 0.3) is 5.91 Å². The summed E-state index contributed by atoms with van der Waals surface area (Å²) in [5.41, 5.74) is 1.12. The molecule has 1 aromatic heterocycles. The van der Waals surface area contributed by atoms with Crippen LogP contribution in [0.4, 0.5) is 5.69 Å². The van der Waals surface area contributed by atoms with Crippen LogP contribution in [0.15, 0.2) is 34.8 Å². The minimum Gasteiger partial charge on any atom is -0.492 e. The molecule has 2 heterocycles. The summed E-state index contributed by atoms with van der Waals surface area (Å²) in [5, 5.41) is 0. The smallest absolute Gasteiger partial charge is 0.264 e. The van der Waals surface area contributed by atoms with Gasteiger partial charge in [0.15, 0.2) is 0 Å². The lowest BCUT2D eigenvalue weighted by molar-refractivity contribution is 0.0751. The fraction of sp³-hybridized carbons (Fsp3) is 0.450. The lowest BCUT2D eigenvalue weighted by atomic mass is 10.2. The van der Waals surface area contributed by atoms with E-state index in [9.17, 15) is 4.79 Å². The van der Waals surface area contributed by atoms with E-state index in [1.54, 1.807) is 11.3 Å². The number of carbonyl (C=O) groups excluding carboxylic acids is 1. The molecule has 0 spiro atoms. The Morgan fingerprint density at radius 1 is 1.19 bits per heavy atom. The summed E-state index contributed by atoms with van der Waals surface area (Å²) in [6.45, 7) is 7.93. The maximum atomic E-state index is 12.9. The summed E-state index contributed by atoms with van der Waals surface area (Å²) in [6.07, 6.45) is 2.10. The molecule has 0 bridgehead atoms. The maximum absolute atomic E-state index is 12.9. The molecule has 140 valence electrons. The molecule has 1 saturated heterocycles. The molecule has 6 heteroatoms. The van der Waals surface area contributed by atoms with Crippen molar-refractivity contribution >= 4 is 38.9 Å². The van der Waals surface area contributed by atoms with E-state index < -0.39 is 0 Å². The van der Waals surface area contributed by atoms with Crippen LogP contribution in [0.3, 0.4) is 0 Å². The van der Waals surface area contributed by atoms with Crippen molar-refractivity contribution in [2.24, 2.45) is 0 Å². The number of anilines is 1. The van der Waals surface area contributed by atoms with Gasteiger partial charge in [-0.3, -0.25) is 4.79 Å². The van der Waals surface area contributed by atoms with Crippen LogP contribution in [0.5, 0.6) is 5.75 Å². The highest BCUT2D eigenvalue weighted by molar-refractivity contribution is 9.10. The van der Waals surface area contributed by atoms with Gasteiger partial charge in [-0.25, -0.2) is 0 Å². The van der Waals surface area contributed by atoms with Crippen molar-refractivity contribution in [3.05, 3.63) is 44.6 Å². The molecule has 0 N–H and O–H groups in total. The minimum atomic E-state index is 0.149. The lowest BCUT2D eigenvalue weighted by Crippen LogP contribution is -2.48. The Bertz CT molecular complexity index is 754. The molecule has 1 aliphatic rings. The fourth-order valence-corrected chi connectivity index (χ4v) is 5.15. The topological polar surface area (TPSA) is 32.8 Å². The molecule has 2 aromatic rings. The molecule has 26 heavy (non-hydrogen) atoms. The molecule has 1 amide bonds. The second-order valence-corrected chi connectivity index (χ2v) is 8.30. The molecule has 0 atom stereocenters. The SMILES string of the molecule is CCCc1sc(C(=O)N2CCN(c3ccccc3OCC)CC2)cc1Br. The van der Waals surface area contributed by atoms with Crippen LogP contribution in [0.25, 0.3) is 0 Å². The number of ether oxygens (including phenoxy) is 1. The number of benzene rings is 1. The quantitative estimate of drug-likeness (QED) is 0.650. The number of halogens is 1. The Labute approximate surface area is 167 Å². The van der Waals surface area contributed by atoms with E-state index in [0.717, 1.165) is 59.8 Å². The molecule has 0 aliphatic carbocycles. The highest BCUT2D eigenvalue weighted by Gasteiger charge is 2.25. The zero-order valence-electron chi connectivity index (χ0n) is 15.3. The number of nitrogens with zero attached hydrogens (tertiary/aromatic N) is 2. The van der Waals surface area contributed by atoms with Crippen LogP contribution in [-0.4, -0.2) is 43.6 Å². The van der Waals surface area contributed by atoms with E-state index in [0.29, 0.717) is 6.61 Å². The summed E-state index contributed by atoms with van der Waals surface area (Å²) in [5.74, 6) is 1.07. The van der Waals surface area contributed by atoms with Crippen LogP contribution in [0.2, 0.25) is 0 Å². The van der Waals surface area contributed by atoms with E-state index in [4.69, 9.17) is 4.74 Å². The number of hydrogen-bond acceptors (Lipinski definition) is 4. The molecular weight excluding hydrogens is 412 g/mol. The molecule has 4 nitrogen and oxygen atoms in total. The lowest BCUT2D eigenvalue weighted by Gasteiger charge is -2.36. The van der Waals surface area contributed by atoms with Crippen molar-refractivity contribution in [1.82, 2.24) is 4.90 Å². The van der Waals surface area contributed by atoms with Crippen LogP contribution in [0.1, 0.15) is 34.8 Å². The van der Waals surface area contributed by atoms with E-state index in [1.165, 1.54) is 4.88 Å². The molecule has 1 aromatic carbocycles. The number of thiophene rings is 1. The van der Waals surface area contributed by atoms with Crippen molar-refractivity contribution in [3.63, 3.8) is 0 Å². The van der Waals surface area contributed by atoms with Gasteiger partial charge in [-0.2, -0.15) is 0 Å². The maximum Gasteiger partial charge on any atom is 0.264 e. The average molecular weight is 437 g/mol. The van der Waals surface area contributed by atoms with Gasteiger partial charge in [0.1, 0.15) is 5.75 Å². The zero-order valence-corrected chi connectivity index (χ0v) is 17.7. The average Bonchev–Trinajstić information content (AvgIpc) is 3.03. The van der Waals surface area contributed by atoms with Crippen LogP contribution in [-0.2, 0) is 6.42 Å². The summed E-state index contributed by atoms with van der Waals surface area (Å²) < 4.78 is 6.81. The van der Waals surface area contributed by atoms with Crippen molar-refractivity contribution in [3.8, 4) is 5.75 Å². The van der Waals surface area contributed by atoms with Crippen LogP contribution >= 0.6 is 27.3 Å². The first-order chi connectivity index (χ1) is 12.6. The van der Waals surface area contributed by atoms with Gasteiger partial charge < -0.3 is 14.5 Å². The van der Waals surface area contributed by atoms with Gasteiger partial charge in [-0.15, -0.1) is 11.3 Å². The van der Waals surface area contributed by atoms with E-state index in [1.807, 2.05) is 36.1 Å². The van der Waals surface area contributed by atoms with Gasteiger partial charge in [0.2, 0.25) is 0 Å². The number of rotatable bonds is 6. The number of piperazine rings is 1. The number of hydrogen-bond donors (Lipinski definition) is 0. The molecule has 0 saturated carbocycles. The van der Waals surface area contributed by atoms with E-state index >= 15 is 0 Å². The van der Waals surface area contributed by atoms with Gasteiger partial charge >= 0.3 is 0 Å². The third kappa shape index (κ3) is 4.23. The van der Waals surface area contributed by atoms with Crippen molar-refractivity contribution < 1.29 is 9.53 Å². The Kier molecular flexibility index (Phi) is 6.59. The summed E-state index contributed by atoms with van der Waals surface area (Å²) in [7, 11) is 0. The first-order valence-electron chi connectivity index (χ1n) is 9.18. The fourth-order valence-electron chi connectivity index (χ4n) is 3.21. The number of para-hydroxylation sites is 2. The van der Waals surface area contributed by atoms with Gasteiger partial charge in [0, 0.05) is 35.5 Å². The Morgan fingerprint density at radius 3 is 2.62 bits per heavy atom. The third-order valence-electron chi connectivity index (χ3n) is 4.52. The van der Waals surface area contributed by atoms with Crippen molar-refractivity contribution in [2.75, 3.05) is 37.7 Å². The van der Waals surface area contributed by atoms with Gasteiger partial charge in [-0.1, -0.05) is 25.5 Å². The zero-order chi connectivity index (χ0) is 18.5. The van der Waals surface area contributed by atoms with Gasteiger partial charge in [-0.05, 0) is 47.5 Å². The third-order valence-corrected chi connectivity index (χ3v) is 6.67. The predicted octanol–water partition coefficient (Wildman–Crippen LogP) is 4.82.